The number of anilines is 1. The van der Waals surface area contributed by atoms with Gasteiger partial charge in [0.15, 0.2) is 0 Å². The monoisotopic (exact) mass is 284 g/mol. The lowest BCUT2D eigenvalue weighted by atomic mass is 10.3. The maximum absolute atomic E-state index is 13.5. The summed E-state index contributed by atoms with van der Waals surface area (Å²) in [6.07, 6.45) is 3.16. The molecule has 0 radical (unpaired) electrons. The Morgan fingerprint density at radius 1 is 1.35 bits per heavy atom. The van der Waals surface area contributed by atoms with E-state index in [9.17, 15) is 13.6 Å². The van der Waals surface area contributed by atoms with Crippen LogP contribution in [0.15, 0.2) is 18.2 Å². The average molecular weight is 284 g/mol. The fourth-order valence-corrected chi connectivity index (χ4v) is 2.01. The summed E-state index contributed by atoms with van der Waals surface area (Å²) in [5.74, 6) is -1.26. The number of amides is 2. The Labute approximate surface area is 116 Å². The van der Waals surface area contributed by atoms with Crippen LogP contribution < -0.4 is 5.32 Å². The summed E-state index contributed by atoms with van der Waals surface area (Å²) in [5, 5.41) is 11.2. The van der Waals surface area contributed by atoms with E-state index in [4.69, 9.17) is 5.11 Å². The van der Waals surface area contributed by atoms with Crippen molar-refractivity contribution < 1.29 is 18.7 Å². The molecule has 1 saturated carbocycles. The fraction of sp³-hybridized carbons (Fsp3) is 0.500. The maximum Gasteiger partial charge on any atom is 0.322 e. The van der Waals surface area contributed by atoms with E-state index in [1.165, 1.54) is 0 Å². The molecule has 0 unspecified atom stereocenters. The number of halogens is 2. The number of unbranched alkanes of at least 4 members (excludes halogenated alkanes) is 1. The normalized spacial score (nSPS) is 14.2. The Morgan fingerprint density at radius 2 is 2.10 bits per heavy atom. The number of aliphatic hydroxyl groups is 1. The van der Waals surface area contributed by atoms with E-state index in [1.54, 1.807) is 4.90 Å². The number of nitrogens with one attached hydrogen (secondary N) is 1. The van der Waals surface area contributed by atoms with Gasteiger partial charge < -0.3 is 15.3 Å². The number of carbonyl (C=O) groups excluding carboxylic acids is 1. The van der Waals surface area contributed by atoms with Crippen LogP contribution in [0, 0.1) is 11.6 Å². The summed E-state index contributed by atoms with van der Waals surface area (Å²) >= 11 is 0. The molecule has 0 heterocycles. The minimum absolute atomic E-state index is 0.0820. The molecule has 6 heteroatoms. The Hall–Kier alpha value is -1.69. The Bertz CT molecular complexity index is 478. The van der Waals surface area contributed by atoms with Gasteiger partial charge in [-0.2, -0.15) is 0 Å². The molecule has 0 bridgehead atoms. The number of aliphatic hydroxyl groups excluding tert-OH is 1. The van der Waals surface area contributed by atoms with Gasteiger partial charge in [-0.05, 0) is 37.8 Å². The number of hydrogen-bond donors (Lipinski definition) is 2. The van der Waals surface area contributed by atoms with Crippen molar-refractivity contribution in [2.75, 3.05) is 18.5 Å². The summed E-state index contributed by atoms with van der Waals surface area (Å²) in [7, 11) is 0. The van der Waals surface area contributed by atoms with E-state index in [2.05, 4.69) is 5.32 Å². The molecular formula is C14H18F2N2O2. The van der Waals surface area contributed by atoms with Gasteiger partial charge in [0.05, 0.1) is 5.69 Å². The van der Waals surface area contributed by atoms with Gasteiger partial charge in [0.1, 0.15) is 11.6 Å². The first-order chi connectivity index (χ1) is 9.61. The highest BCUT2D eigenvalue weighted by molar-refractivity contribution is 5.89. The molecule has 110 valence electrons. The molecule has 0 atom stereocenters. The Morgan fingerprint density at radius 3 is 2.75 bits per heavy atom. The number of carbonyl (C=O) groups is 1. The van der Waals surface area contributed by atoms with Crippen LogP contribution >= 0.6 is 0 Å². The van der Waals surface area contributed by atoms with Crippen molar-refractivity contribution in [2.24, 2.45) is 0 Å². The van der Waals surface area contributed by atoms with Crippen LogP contribution in [0.5, 0.6) is 0 Å². The van der Waals surface area contributed by atoms with Crippen LogP contribution in [0.2, 0.25) is 0 Å². The summed E-state index contributed by atoms with van der Waals surface area (Å²) in [4.78, 5) is 13.7. The van der Waals surface area contributed by atoms with Crippen molar-refractivity contribution in [1.82, 2.24) is 4.90 Å². The molecule has 2 rings (SSSR count). The minimum Gasteiger partial charge on any atom is -0.396 e. The van der Waals surface area contributed by atoms with Gasteiger partial charge in [0, 0.05) is 25.3 Å². The summed E-state index contributed by atoms with van der Waals surface area (Å²) in [5.41, 5.74) is -0.150. The lowest BCUT2D eigenvalue weighted by molar-refractivity contribution is 0.204. The molecule has 2 amide bonds. The van der Waals surface area contributed by atoms with E-state index >= 15 is 0 Å². The third-order valence-corrected chi connectivity index (χ3v) is 3.23. The van der Waals surface area contributed by atoms with E-state index in [-0.39, 0.29) is 18.3 Å². The van der Waals surface area contributed by atoms with Gasteiger partial charge in [-0.25, -0.2) is 13.6 Å². The zero-order chi connectivity index (χ0) is 14.5. The zero-order valence-electron chi connectivity index (χ0n) is 11.1. The number of urea groups is 1. The number of benzene rings is 1. The van der Waals surface area contributed by atoms with Crippen LogP contribution in [0.3, 0.4) is 0 Å². The van der Waals surface area contributed by atoms with Gasteiger partial charge >= 0.3 is 6.03 Å². The molecule has 1 aromatic carbocycles. The van der Waals surface area contributed by atoms with Crippen LogP contribution in [-0.2, 0) is 0 Å². The molecule has 1 fully saturated rings. The minimum atomic E-state index is -0.661. The second kappa shape index (κ2) is 6.65. The maximum atomic E-state index is 13.5. The highest BCUT2D eigenvalue weighted by Crippen LogP contribution is 2.28. The van der Waals surface area contributed by atoms with E-state index in [0.29, 0.717) is 19.4 Å². The van der Waals surface area contributed by atoms with Crippen LogP contribution in [-0.4, -0.2) is 35.2 Å². The molecule has 2 N–H and O–H groups in total. The quantitative estimate of drug-likeness (QED) is 0.789. The number of rotatable bonds is 6. The topological polar surface area (TPSA) is 52.6 Å². The lowest BCUT2D eigenvalue weighted by Crippen LogP contribution is -2.37. The number of hydrogen-bond acceptors (Lipinski definition) is 2. The molecule has 0 aromatic heterocycles. The van der Waals surface area contributed by atoms with Gasteiger partial charge in [-0.1, -0.05) is 0 Å². The molecular weight excluding hydrogens is 266 g/mol. The molecule has 0 aliphatic heterocycles. The van der Waals surface area contributed by atoms with Gasteiger partial charge in [0.2, 0.25) is 0 Å². The summed E-state index contributed by atoms with van der Waals surface area (Å²) in [6.45, 7) is 0.590. The first-order valence-corrected chi connectivity index (χ1v) is 6.75. The molecule has 0 saturated heterocycles. The smallest absolute Gasteiger partial charge is 0.322 e. The predicted molar refractivity (Wildman–Crippen MR) is 71.4 cm³/mol. The van der Waals surface area contributed by atoms with E-state index in [0.717, 1.165) is 31.0 Å². The standard InChI is InChI=1S/C14H18F2N2O2/c15-10-3-6-12(16)13(9-10)17-14(20)18(11-4-5-11)7-1-2-8-19/h3,6,9,11,19H,1-2,4-5,7-8H2,(H,17,20). The van der Waals surface area contributed by atoms with Crippen molar-refractivity contribution >= 4 is 11.7 Å². The van der Waals surface area contributed by atoms with Crippen molar-refractivity contribution in [1.29, 1.82) is 0 Å². The molecule has 1 aliphatic carbocycles. The molecule has 4 nitrogen and oxygen atoms in total. The third-order valence-electron chi connectivity index (χ3n) is 3.23. The van der Waals surface area contributed by atoms with Crippen molar-refractivity contribution in [3.63, 3.8) is 0 Å². The van der Waals surface area contributed by atoms with Gasteiger partial charge in [0.25, 0.3) is 0 Å². The predicted octanol–water partition coefficient (Wildman–Crippen LogP) is 2.73. The van der Waals surface area contributed by atoms with Crippen LogP contribution in [0.25, 0.3) is 0 Å². The van der Waals surface area contributed by atoms with Crippen LogP contribution in [0.1, 0.15) is 25.7 Å². The molecule has 0 spiro atoms. The highest BCUT2D eigenvalue weighted by atomic mass is 19.1. The number of nitrogens with zero attached hydrogens (tertiary/aromatic N) is 1. The Kier molecular flexibility index (Phi) is 4.89. The SMILES string of the molecule is O=C(Nc1cc(F)ccc1F)N(CCCCO)C1CC1. The Balaban J connectivity index is 1.98. The fourth-order valence-electron chi connectivity index (χ4n) is 2.01. The largest absolute Gasteiger partial charge is 0.396 e. The van der Waals surface area contributed by atoms with Crippen molar-refractivity contribution in [2.45, 2.75) is 31.7 Å². The van der Waals surface area contributed by atoms with Crippen LogP contribution in [0.4, 0.5) is 19.3 Å². The first kappa shape index (κ1) is 14.7. The van der Waals surface area contributed by atoms with Crippen molar-refractivity contribution in [3.05, 3.63) is 29.8 Å². The van der Waals surface area contributed by atoms with Gasteiger partial charge in [-0.15, -0.1) is 0 Å². The zero-order valence-corrected chi connectivity index (χ0v) is 11.1. The van der Waals surface area contributed by atoms with Gasteiger partial charge in [-0.3, -0.25) is 0 Å². The summed E-state index contributed by atoms with van der Waals surface area (Å²) < 4.78 is 26.5. The lowest BCUT2D eigenvalue weighted by Gasteiger charge is -2.23. The second-order valence-electron chi connectivity index (χ2n) is 4.91. The third kappa shape index (κ3) is 3.90. The highest BCUT2D eigenvalue weighted by Gasteiger charge is 2.32. The average Bonchev–Trinajstić information content (AvgIpc) is 3.23. The molecule has 20 heavy (non-hydrogen) atoms. The second-order valence-corrected chi connectivity index (χ2v) is 4.91. The molecule has 1 aromatic rings. The van der Waals surface area contributed by atoms with E-state index < -0.39 is 17.7 Å². The summed E-state index contributed by atoms with van der Waals surface area (Å²) in [6, 6.07) is 2.70. The van der Waals surface area contributed by atoms with E-state index in [1.807, 2.05) is 0 Å². The van der Waals surface area contributed by atoms with Crippen molar-refractivity contribution in [3.8, 4) is 0 Å². The molecule has 1 aliphatic rings. The first-order valence-electron chi connectivity index (χ1n) is 6.75.